The minimum absolute atomic E-state index is 0.121. The van der Waals surface area contributed by atoms with Gasteiger partial charge in [-0.05, 0) is 49.4 Å². The van der Waals surface area contributed by atoms with Gasteiger partial charge in [-0.1, -0.05) is 0 Å². The van der Waals surface area contributed by atoms with Crippen LogP contribution in [0.4, 0.5) is 17.6 Å². The number of carbonyl (C=O) groups excluding carboxylic acids is 2. The largest absolute Gasteiger partial charge is 0.490 e. The highest BCUT2D eigenvalue weighted by atomic mass is 19.4. The second-order valence-electron chi connectivity index (χ2n) is 9.61. The first kappa shape index (κ1) is 25.6. The lowest BCUT2D eigenvalue weighted by Crippen LogP contribution is -2.41. The first-order valence-electron chi connectivity index (χ1n) is 11.5. The van der Waals surface area contributed by atoms with E-state index in [1.807, 2.05) is 22.7 Å². The molecule has 1 N–H and O–H groups in total. The number of alkyl halides is 3. The summed E-state index contributed by atoms with van der Waals surface area (Å²) in [4.78, 5) is 43.8. The number of nitrogens with zero attached hydrogens (tertiary/aromatic N) is 4. The fraction of sp³-hybridized carbons (Fsp3) is 0.500. The van der Waals surface area contributed by atoms with Gasteiger partial charge in [-0.25, -0.2) is 14.2 Å². The van der Waals surface area contributed by atoms with Crippen molar-refractivity contribution in [2.75, 3.05) is 26.2 Å². The molecule has 36 heavy (non-hydrogen) atoms. The highest BCUT2D eigenvalue weighted by molar-refractivity contribution is 5.96. The Morgan fingerprint density at radius 2 is 1.83 bits per heavy atom. The third kappa shape index (κ3) is 5.21. The average Bonchev–Trinajstić information content (AvgIpc) is 3.27. The number of likely N-dealkylation sites (tertiary alicyclic amines) is 2. The van der Waals surface area contributed by atoms with Crippen LogP contribution in [0.3, 0.4) is 0 Å². The quantitative estimate of drug-likeness (QED) is 0.638. The van der Waals surface area contributed by atoms with E-state index in [-0.39, 0.29) is 23.5 Å². The van der Waals surface area contributed by atoms with E-state index in [4.69, 9.17) is 9.90 Å². The van der Waals surface area contributed by atoms with Gasteiger partial charge in [0.15, 0.2) is 0 Å². The molecule has 0 bridgehead atoms. The summed E-state index contributed by atoms with van der Waals surface area (Å²) < 4.78 is 46.9. The minimum Gasteiger partial charge on any atom is -0.475 e. The van der Waals surface area contributed by atoms with Crippen LogP contribution in [0.25, 0.3) is 0 Å². The van der Waals surface area contributed by atoms with Gasteiger partial charge in [0.1, 0.15) is 5.82 Å². The molecule has 2 aliphatic heterocycles. The van der Waals surface area contributed by atoms with Crippen LogP contribution in [0.15, 0.2) is 36.8 Å². The molecule has 12 heteroatoms. The maximum absolute atomic E-state index is 13.5. The standard InChI is InChI=1S/C22H25FN4O2.C2HF3O2/c1-25-12-19(24-14-25)18-11-27(20(28)16-4-6-17(23)7-5-16)13-22(18)8-9-26(21(22)29)10-15-2-3-15;3-2(4,5)1(6)7/h4-7,12,14-15,18H,2-3,8-11,13H2,1H3;(H,6,7). The molecular weight excluding hydrogens is 484 g/mol. The first-order valence-corrected chi connectivity index (χ1v) is 11.5. The number of aromatic nitrogens is 2. The van der Waals surface area contributed by atoms with E-state index in [1.54, 1.807) is 11.2 Å². The Bertz CT molecular complexity index is 1150. The van der Waals surface area contributed by atoms with Crippen LogP contribution < -0.4 is 0 Å². The van der Waals surface area contributed by atoms with Gasteiger partial charge in [0.05, 0.1) is 17.4 Å². The number of aryl methyl sites for hydroxylation is 1. The Morgan fingerprint density at radius 3 is 2.36 bits per heavy atom. The molecule has 0 radical (unpaired) electrons. The topological polar surface area (TPSA) is 95.7 Å². The number of hydrogen-bond acceptors (Lipinski definition) is 4. The molecule has 1 spiro atoms. The van der Waals surface area contributed by atoms with Crippen molar-refractivity contribution in [3.05, 3.63) is 53.9 Å². The molecule has 5 rings (SSSR count). The zero-order chi connectivity index (χ0) is 26.3. The molecule has 3 aliphatic rings. The summed E-state index contributed by atoms with van der Waals surface area (Å²) in [5.41, 5.74) is 0.700. The van der Waals surface area contributed by atoms with Crippen molar-refractivity contribution in [1.29, 1.82) is 0 Å². The molecule has 1 aromatic heterocycles. The van der Waals surface area contributed by atoms with E-state index in [1.165, 1.54) is 37.1 Å². The highest BCUT2D eigenvalue weighted by Gasteiger charge is 2.59. The smallest absolute Gasteiger partial charge is 0.475 e. The van der Waals surface area contributed by atoms with Crippen LogP contribution in [0.1, 0.15) is 41.2 Å². The van der Waals surface area contributed by atoms with E-state index in [9.17, 15) is 27.2 Å². The molecule has 2 aromatic rings. The molecule has 2 unspecified atom stereocenters. The maximum atomic E-state index is 13.5. The average molecular weight is 510 g/mol. The highest BCUT2D eigenvalue weighted by Crippen LogP contribution is 2.50. The number of aliphatic carboxylic acids is 1. The summed E-state index contributed by atoms with van der Waals surface area (Å²) in [7, 11) is 1.91. The fourth-order valence-corrected chi connectivity index (χ4v) is 4.94. The lowest BCUT2D eigenvalue weighted by Gasteiger charge is -2.27. The molecule has 3 heterocycles. The van der Waals surface area contributed by atoms with Crippen molar-refractivity contribution in [3.63, 3.8) is 0 Å². The zero-order valence-electron chi connectivity index (χ0n) is 19.5. The number of halogens is 4. The number of benzene rings is 1. The molecule has 194 valence electrons. The lowest BCUT2D eigenvalue weighted by molar-refractivity contribution is -0.192. The van der Waals surface area contributed by atoms with E-state index < -0.39 is 17.6 Å². The number of carboxylic acids is 1. The number of hydrogen-bond donors (Lipinski definition) is 1. The molecule has 1 aromatic carbocycles. The van der Waals surface area contributed by atoms with Gasteiger partial charge < -0.3 is 19.5 Å². The van der Waals surface area contributed by atoms with Gasteiger partial charge in [0.2, 0.25) is 5.91 Å². The second kappa shape index (κ2) is 9.55. The summed E-state index contributed by atoms with van der Waals surface area (Å²) in [5, 5.41) is 7.12. The summed E-state index contributed by atoms with van der Waals surface area (Å²) in [5.74, 6) is -2.60. The van der Waals surface area contributed by atoms with Crippen LogP contribution in [0.2, 0.25) is 0 Å². The molecule has 1 saturated carbocycles. The van der Waals surface area contributed by atoms with E-state index in [0.717, 1.165) is 25.2 Å². The van der Waals surface area contributed by atoms with Gasteiger partial charge in [0.25, 0.3) is 5.91 Å². The molecule has 2 atom stereocenters. The van der Waals surface area contributed by atoms with E-state index >= 15 is 0 Å². The number of carbonyl (C=O) groups is 3. The van der Waals surface area contributed by atoms with E-state index in [2.05, 4.69) is 4.98 Å². The number of amides is 2. The summed E-state index contributed by atoms with van der Waals surface area (Å²) in [6.45, 7) is 2.43. The first-order chi connectivity index (χ1) is 16.9. The Hall–Kier alpha value is -3.44. The van der Waals surface area contributed by atoms with Crippen molar-refractivity contribution in [2.45, 2.75) is 31.4 Å². The van der Waals surface area contributed by atoms with Crippen molar-refractivity contribution in [2.24, 2.45) is 18.4 Å². The SMILES string of the molecule is Cn1cnc(C2CN(C(=O)c3ccc(F)cc3)CC23CCN(CC2CC2)C3=O)c1.O=C(O)C(F)(F)F. The van der Waals surface area contributed by atoms with Gasteiger partial charge in [-0.2, -0.15) is 13.2 Å². The second-order valence-corrected chi connectivity index (χ2v) is 9.61. The molecule has 2 amide bonds. The molecule has 2 saturated heterocycles. The molecular formula is C24H26F4N4O4. The van der Waals surface area contributed by atoms with Crippen molar-refractivity contribution >= 4 is 17.8 Å². The predicted molar refractivity (Wildman–Crippen MR) is 118 cm³/mol. The number of carboxylic acid groups (broad SMARTS) is 1. The normalized spacial score (nSPS) is 23.7. The van der Waals surface area contributed by atoms with Gasteiger partial charge in [-0.3, -0.25) is 9.59 Å². The Kier molecular flexibility index (Phi) is 6.80. The third-order valence-corrected chi connectivity index (χ3v) is 6.96. The summed E-state index contributed by atoms with van der Waals surface area (Å²) in [6, 6.07) is 5.61. The predicted octanol–water partition coefficient (Wildman–Crippen LogP) is 3.06. The fourth-order valence-electron chi connectivity index (χ4n) is 4.94. The Morgan fingerprint density at radius 1 is 1.19 bits per heavy atom. The molecule has 3 fully saturated rings. The van der Waals surface area contributed by atoms with Gasteiger partial charge in [-0.15, -0.1) is 0 Å². The van der Waals surface area contributed by atoms with Gasteiger partial charge in [0, 0.05) is 50.9 Å². The van der Waals surface area contributed by atoms with Crippen LogP contribution >= 0.6 is 0 Å². The number of imidazole rings is 1. The Balaban J connectivity index is 0.000000384. The van der Waals surface area contributed by atoms with Crippen molar-refractivity contribution in [3.8, 4) is 0 Å². The lowest BCUT2D eigenvalue weighted by atomic mass is 9.75. The van der Waals surface area contributed by atoms with Crippen LogP contribution in [0.5, 0.6) is 0 Å². The minimum atomic E-state index is -5.08. The van der Waals surface area contributed by atoms with Gasteiger partial charge >= 0.3 is 12.1 Å². The van der Waals surface area contributed by atoms with Crippen LogP contribution in [0, 0.1) is 17.2 Å². The number of rotatable bonds is 4. The third-order valence-electron chi connectivity index (χ3n) is 6.96. The van der Waals surface area contributed by atoms with E-state index in [0.29, 0.717) is 24.6 Å². The Labute approximate surface area is 204 Å². The maximum Gasteiger partial charge on any atom is 0.490 e. The van der Waals surface area contributed by atoms with Crippen molar-refractivity contribution < 1.29 is 37.1 Å². The summed E-state index contributed by atoms with van der Waals surface area (Å²) >= 11 is 0. The molecule has 1 aliphatic carbocycles. The van der Waals surface area contributed by atoms with Crippen molar-refractivity contribution in [1.82, 2.24) is 19.4 Å². The van der Waals surface area contributed by atoms with Crippen LogP contribution in [-0.4, -0.2) is 74.6 Å². The summed E-state index contributed by atoms with van der Waals surface area (Å²) in [6.07, 6.45) is 1.77. The van der Waals surface area contributed by atoms with Crippen LogP contribution in [-0.2, 0) is 16.6 Å². The zero-order valence-corrected chi connectivity index (χ0v) is 19.5. The molecule has 8 nitrogen and oxygen atoms in total. The monoisotopic (exact) mass is 510 g/mol.